The molecule has 24 heavy (non-hydrogen) atoms. The van der Waals surface area contributed by atoms with Crippen molar-refractivity contribution in [3.05, 3.63) is 42.5 Å². The first-order chi connectivity index (χ1) is 11.6. The number of thioether (sulfide) groups is 2. The van der Waals surface area contributed by atoms with E-state index in [1.54, 1.807) is 23.5 Å². The Hall–Kier alpha value is -1.37. The number of nitrogens with one attached hydrogen (secondary N) is 1. The van der Waals surface area contributed by atoms with Crippen LogP contribution >= 0.6 is 23.5 Å². The Bertz CT molecular complexity index is 699. The monoisotopic (exact) mass is 363 g/mol. The number of amides is 1. The normalized spacial score (nSPS) is 17.2. The number of benzene rings is 2. The minimum Gasteiger partial charge on any atom is -0.484 e. The van der Waals surface area contributed by atoms with Crippen LogP contribution in [0.3, 0.4) is 0 Å². The van der Waals surface area contributed by atoms with E-state index in [4.69, 9.17) is 4.74 Å². The third-order valence-electron chi connectivity index (χ3n) is 3.82. The van der Waals surface area contributed by atoms with E-state index in [0.29, 0.717) is 17.3 Å². The van der Waals surface area contributed by atoms with E-state index in [9.17, 15) is 9.90 Å². The van der Waals surface area contributed by atoms with Crippen molar-refractivity contribution in [2.75, 3.05) is 36.2 Å². The lowest BCUT2D eigenvalue weighted by molar-refractivity contribution is -0.124. The summed E-state index contributed by atoms with van der Waals surface area (Å²) < 4.78 is 5.57. The molecule has 4 nitrogen and oxygen atoms in total. The van der Waals surface area contributed by atoms with Crippen LogP contribution in [0.15, 0.2) is 42.5 Å². The van der Waals surface area contributed by atoms with Crippen LogP contribution in [0.4, 0.5) is 0 Å². The molecule has 1 fully saturated rings. The van der Waals surface area contributed by atoms with Crippen LogP contribution < -0.4 is 10.1 Å². The van der Waals surface area contributed by atoms with Gasteiger partial charge in [-0.05, 0) is 22.9 Å². The molecule has 0 radical (unpaired) electrons. The van der Waals surface area contributed by atoms with Gasteiger partial charge in [-0.15, -0.1) is 0 Å². The first-order valence-corrected chi connectivity index (χ1v) is 10.2. The molecule has 0 saturated carbocycles. The number of carbonyl (C=O) groups excluding carboxylic acids is 1. The van der Waals surface area contributed by atoms with Crippen LogP contribution in [-0.4, -0.2) is 52.8 Å². The highest BCUT2D eigenvalue weighted by Crippen LogP contribution is 2.24. The number of hydrogen-bond donors (Lipinski definition) is 2. The molecule has 0 aliphatic carbocycles. The summed E-state index contributed by atoms with van der Waals surface area (Å²) in [5, 5.41) is 15.5. The van der Waals surface area contributed by atoms with E-state index in [1.807, 2.05) is 42.5 Å². The van der Waals surface area contributed by atoms with Gasteiger partial charge in [0.05, 0.1) is 5.60 Å². The minimum atomic E-state index is -0.829. The van der Waals surface area contributed by atoms with E-state index in [1.165, 1.54) is 0 Å². The zero-order valence-electron chi connectivity index (χ0n) is 13.4. The number of rotatable bonds is 5. The van der Waals surface area contributed by atoms with Gasteiger partial charge in [-0.3, -0.25) is 4.79 Å². The average molecular weight is 364 g/mol. The molecule has 2 aromatic carbocycles. The highest BCUT2D eigenvalue weighted by Gasteiger charge is 2.29. The van der Waals surface area contributed by atoms with Gasteiger partial charge in [0.15, 0.2) is 6.61 Å². The summed E-state index contributed by atoms with van der Waals surface area (Å²) in [6.07, 6.45) is 0. The molecule has 1 aliphatic rings. The van der Waals surface area contributed by atoms with Crippen LogP contribution in [0.5, 0.6) is 5.75 Å². The van der Waals surface area contributed by atoms with E-state index in [-0.39, 0.29) is 19.1 Å². The lowest BCUT2D eigenvalue weighted by atomic mass is 10.1. The standard InChI is InChI=1S/C18H21NO3S2/c20-17(19-11-18(21)12-23-7-8-24-13-18)10-22-16-6-5-14-3-1-2-4-15(14)9-16/h1-6,9,21H,7-8,10-13H2,(H,19,20). The maximum atomic E-state index is 12.0. The highest BCUT2D eigenvalue weighted by atomic mass is 32.2. The fourth-order valence-electron chi connectivity index (χ4n) is 2.51. The summed E-state index contributed by atoms with van der Waals surface area (Å²) in [6.45, 7) is 0.224. The van der Waals surface area contributed by atoms with Gasteiger partial charge in [0, 0.05) is 29.6 Å². The molecule has 1 aliphatic heterocycles. The van der Waals surface area contributed by atoms with E-state index >= 15 is 0 Å². The second-order valence-electron chi connectivity index (χ2n) is 5.90. The summed E-state index contributed by atoms with van der Waals surface area (Å²) in [4.78, 5) is 12.0. The molecule has 0 aromatic heterocycles. The molecule has 0 unspecified atom stereocenters. The summed E-state index contributed by atoms with van der Waals surface area (Å²) in [7, 11) is 0. The molecule has 0 atom stereocenters. The molecule has 0 bridgehead atoms. The van der Waals surface area contributed by atoms with Crippen LogP contribution in [-0.2, 0) is 4.79 Å². The van der Waals surface area contributed by atoms with Gasteiger partial charge in [0.25, 0.3) is 5.91 Å². The Morgan fingerprint density at radius 3 is 2.58 bits per heavy atom. The Kier molecular flexibility index (Phi) is 5.92. The maximum Gasteiger partial charge on any atom is 0.258 e. The Morgan fingerprint density at radius 2 is 1.83 bits per heavy atom. The van der Waals surface area contributed by atoms with E-state index in [0.717, 1.165) is 22.3 Å². The predicted molar refractivity (Wildman–Crippen MR) is 102 cm³/mol. The second-order valence-corrected chi connectivity index (χ2v) is 8.11. The number of hydrogen-bond acceptors (Lipinski definition) is 5. The summed E-state index contributed by atoms with van der Waals surface area (Å²) in [5.41, 5.74) is -0.829. The molecule has 6 heteroatoms. The fraction of sp³-hybridized carbons (Fsp3) is 0.389. The third-order valence-corrected chi connectivity index (χ3v) is 6.55. The zero-order chi connectivity index (χ0) is 16.8. The second kappa shape index (κ2) is 8.14. The van der Waals surface area contributed by atoms with Crippen LogP contribution in [0.1, 0.15) is 0 Å². The molecule has 128 valence electrons. The molecule has 1 amide bonds. The summed E-state index contributed by atoms with van der Waals surface area (Å²) >= 11 is 3.46. The Balaban J connectivity index is 1.49. The first-order valence-electron chi connectivity index (χ1n) is 7.91. The van der Waals surface area contributed by atoms with Gasteiger partial charge in [-0.25, -0.2) is 0 Å². The number of aliphatic hydroxyl groups is 1. The average Bonchev–Trinajstić information content (AvgIpc) is 2.83. The highest BCUT2D eigenvalue weighted by molar-refractivity contribution is 8.03. The smallest absolute Gasteiger partial charge is 0.258 e. The number of carbonyl (C=O) groups is 1. The van der Waals surface area contributed by atoms with Crippen LogP contribution in [0.25, 0.3) is 10.8 Å². The van der Waals surface area contributed by atoms with Gasteiger partial charge in [0.2, 0.25) is 0 Å². The van der Waals surface area contributed by atoms with Gasteiger partial charge in [0.1, 0.15) is 5.75 Å². The van der Waals surface area contributed by atoms with Crippen LogP contribution in [0.2, 0.25) is 0 Å². The molecule has 3 rings (SSSR count). The summed E-state index contributed by atoms with van der Waals surface area (Å²) in [5.74, 6) is 3.87. The van der Waals surface area contributed by atoms with Crippen molar-refractivity contribution in [1.29, 1.82) is 0 Å². The third kappa shape index (κ3) is 4.82. The molecule has 2 aromatic rings. The lowest BCUT2D eigenvalue weighted by Gasteiger charge is -2.25. The van der Waals surface area contributed by atoms with Gasteiger partial charge < -0.3 is 15.2 Å². The minimum absolute atomic E-state index is 0.0469. The number of ether oxygens (including phenoxy) is 1. The van der Waals surface area contributed by atoms with Crippen molar-refractivity contribution >= 4 is 40.2 Å². The SMILES string of the molecule is O=C(COc1ccc2ccccc2c1)NCC1(O)CSCCSC1. The lowest BCUT2D eigenvalue weighted by Crippen LogP contribution is -2.47. The molecular weight excluding hydrogens is 342 g/mol. The number of fused-ring (bicyclic) bond motifs is 1. The quantitative estimate of drug-likeness (QED) is 0.855. The zero-order valence-corrected chi connectivity index (χ0v) is 15.0. The van der Waals surface area contributed by atoms with E-state index in [2.05, 4.69) is 5.32 Å². The van der Waals surface area contributed by atoms with Crippen molar-refractivity contribution in [2.45, 2.75) is 5.60 Å². The maximum absolute atomic E-state index is 12.0. The van der Waals surface area contributed by atoms with Crippen molar-refractivity contribution in [3.63, 3.8) is 0 Å². The Labute approximate surface area is 150 Å². The van der Waals surface area contributed by atoms with Crippen molar-refractivity contribution in [1.82, 2.24) is 5.32 Å². The Morgan fingerprint density at radius 1 is 1.12 bits per heavy atom. The van der Waals surface area contributed by atoms with Crippen molar-refractivity contribution in [2.24, 2.45) is 0 Å². The topological polar surface area (TPSA) is 58.6 Å². The fourth-order valence-corrected chi connectivity index (χ4v) is 5.03. The molecular formula is C18H21NO3S2. The first kappa shape index (κ1) is 17.5. The van der Waals surface area contributed by atoms with E-state index < -0.39 is 5.60 Å². The predicted octanol–water partition coefficient (Wildman–Crippen LogP) is 2.55. The van der Waals surface area contributed by atoms with Crippen molar-refractivity contribution < 1.29 is 14.6 Å². The van der Waals surface area contributed by atoms with Crippen LogP contribution in [0, 0.1) is 0 Å². The molecule has 2 N–H and O–H groups in total. The largest absolute Gasteiger partial charge is 0.484 e. The van der Waals surface area contributed by atoms with Gasteiger partial charge >= 0.3 is 0 Å². The summed E-state index contributed by atoms with van der Waals surface area (Å²) in [6, 6.07) is 13.8. The van der Waals surface area contributed by atoms with Crippen molar-refractivity contribution in [3.8, 4) is 5.75 Å². The van der Waals surface area contributed by atoms with Gasteiger partial charge in [-0.1, -0.05) is 30.3 Å². The molecule has 0 spiro atoms. The van der Waals surface area contributed by atoms with Gasteiger partial charge in [-0.2, -0.15) is 23.5 Å². The molecule has 1 saturated heterocycles. The molecule has 1 heterocycles.